The van der Waals surface area contributed by atoms with Gasteiger partial charge in [-0.15, -0.1) is 0 Å². The highest BCUT2D eigenvalue weighted by Crippen LogP contribution is 2.29. The summed E-state index contributed by atoms with van der Waals surface area (Å²) in [5.74, 6) is 1.30. The second-order valence-corrected chi connectivity index (χ2v) is 7.20. The van der Waals surface area contributed by atoms with Gasteiger partial charge in [0, 0.05) is 37.4 Å². The fourth-order valence-electron chi connectivity index (χ4n) is 3.81. The van der Waals surface area contributed by atoms with Crippen LogP contribution in [0.1, 0.15) is 37.1 Å². The number of nitrogens with zero attached hydrogens (tertiary/aromatic N) is 4. The number of nitrogens with one attached hydrogen (secondary N) is 1. The van der Waals surface area contributed by atoms with Crippen molar-refractivity contribution in [1.29, 1.82) is 0 Å². The first-order valence-electron chi connectivity index (χ1n) is 9.59. The molecule has 0 bridgehead atoms. The number of rotatable bonds is 4. The van der Waals surface area contributed by atoms with Gasteiger partial charge in [0.05, 0.1) is 0 Å². The highest BCUT2D eigenvalue weighted by molar-refractivity contribution is 5.89. The molecule has 1 saturated heterocycles. The Labute approximate surface area is 159 Å². The van der Waals surface area contributed by atoms with Crippen molar-refractivity contribution in [2.24, 2.45) is 0 Å². The van der Waals surface area contributed by atoms with Crippen LogP contribution in [0.5, 0.6) is 0 Å². The van der Waals surface area contributed by atoms with Crippen LogP contribution in [0.25, 0.3) is 11.2 Å². The molecule has 3 aromatic rings. The molecule has 1 aromatic carbocycles. The van der Waals surface area contributed by atoms with E-state index in [2.05, 4.69) is 21.8 Å². The molecule has 1 aliphatic heterocycles. The zero-order valence-electron chi connectivity index (χ0n) is 15.9. The average Bonchev–Trinajstić information content (AvgIpc) is 3.27. The normalized spacial score (nSPS) is 16.8. The van der Waals surface area contributed by atoms with Crippen molar-refractivity contribution in [2.75, 3.05) is 18.4 Å². The van der Waals surface area contributed by atoms with Gasteiger partial charge in [-0.05, 0) is 49.6 Å². The number of anilines is 1. The molecule has 6 nitrogen and oxygen atoms in total. The first-order chi connectivity index (χ1) is 13.2. The molecular weight excluding hydrogens is 338 g/mol. The number of imidazole rings is 1. The summed E-state index contributed by atoms with van der Waals surface area (Å²) >= 11 is 0. The fourth-order valence-corrected chi connectivity index (χ4v) is 3.81. The predicted octanol–water partition coefficient (Wildman–Crippen LogP) is 4.17. The smallest absolute Gasteiger partial charge is 0.321 e. The van der Waals surface area contributed by atoms with Crippen molar-refractivity contribution in [2.45, 2.75) is 39.2 Å². The van der Waals surface area contributed by atoms with E-state index in [0.29, 0.717) is 6.54 Å². The number of benzene rings is 1. The second-order valence-electron chi connectivity index (χ2n) is 7.20. The van der Waals surface area contributed by atoms with Crippen LogP contribution < -0.4 is 5.32 Å². The maximum Gasteiger partial charge on any atom is 0.321 e. The molecule has 0 spiro atoms. The summed E-state index contributed by atoms with van der Waals surface area (Å²) in [6.07, 6.45) is 3.77. The first-order valence-corrected chi connectivity index (χ1v) is 9.59. The minimum atomic E-state index is -0.0422. The molecule has 3 heterocycles. The number of pyridine rings is 1. The Bertz CT molecular complexity index is 964. The Morgan fingerprint density at radius 3 is 3.00 bits per heavy atom. The van der Waals surface area contributed by atoms with Crippen LogP contribution >= 0.6 is 0 Å². The summed E-state index contributed by atoms with van der Waals surface area (Å²) in [4.78, 5) is 23.9. The second kappa shape index (κ2) is 7.39. The van der Waals surface area contributed by atoms with Crippen molar-refractivity contribution in [3.63, 3.8) is 0 Å². The Hall–Kier alpha value is -2.89. The molecule has 1 aliphatic rings. The number of aryl methyl sites for hydroxylation is 2. The Balaban J connectivity index is 1.52. The van der Waals surface area contributed by atoms with Crippen LogP contribution in [0.3, 0.4) is 0 Å². The van der Waals surface area contributed by atoms with Gasteiger partial charge >= 0.3 is 6.03 Å². The van der Waals surface area contributed by atoms with E-state index in [9.17, 15) is 4.79 Å². The van der Waals surface area contributed by atoms with Gasteiger partial charge < -0.3 is 14.8 Å². The summed E-state index contributed by atoms with van der Waals surface area (Å²) in [7, 11) is 0. The highest BCUT2D eigenvalue weighted by Gasteiger charge is 2.31. The third-order valence-corrected chi connectivity index (χ3v) is 5.09. The van der Waals surface area contributed by atoms with Crippen LogP contribution in [-0.4, -0.2) is 38.6 Å². The summed E-state index contributed by atoms with van der Waals surface area (Å²) in [5.41, 5.74) is 3.85. The zero-order valence-corrected chi connectivity index (χ0v) is 15.9. The van der Waals surface area contributed by atoms with E-state index in [-0.39, 0.29) is 11.9 Å². The number of carbonyl (C=O) groups is 1. The van der Waals surface area contributed by atoms with Crippen LogP contribution in [0, 0.1) is 6.92 Å². The monoisotopic (exact) mass is 363 g/mol. The lowest BCUT2D eigenvalue weighted by Crippen LogP contribution is -2.33. The molecule has 6 heteroatoms. The van der Waals surface area contributed by atoms with Gasteiger partial charge in [0.2, 0.25) is 0 Å². The summed E-state index contributed by atoms with van der Waals surface area (Å²) < 4.78 is 2.22. The summed E-state index contributed by atoms with van der Waals surface area (Å²) in [5, 5.41) is 3.01. The topological polar surface area (TPSA) is 63.1 Å². The van der Waals surface area contributed by atoms with E-state index in [1.54, 1.807) is 0 Å². The lowest BCUT2D eigenvalue weighted by Gasteiger charge is -2.18. The Kier molecular flexibility index (Phi) is 4.79. The fraction of sp³-hybridized carbons (Fsp3) is 0.381. The van der Waals surface area contributed by atoms with Gasteiger partial charge in [0.15, 0.2) is 5.65 Å². The van der Waals surface area contributed by atoms with Gasteiger partial charge in [-0.2, -0.15) is 0 Å². The average molecular weight is 363 g/mol. The van der Waals surface area contributed by atoms with Crippen LogP contribution in [0.4, 0.5) is 10.5 Å². The molecule has 2 amide bonds. The number of carbonyl (C=O) groups excluding carboxylic acids is 1. The van der Waals surface area contributed by atoms with Crippen molar-refractivity contribution in [3.8, 4) is 0 Å². The molecule has 1 fully saturated rings. The summed E-state index contributed by atoms with van der Waals surface area (Å²) in [6.45, 7) is 6.51. The number of amides is 2. The molecular formula is C21H25N5O. The minimum Gasteiger partial charge on any atom is -0.324 e. The van der Waals surface area contributed by atoms with Crippen molar-refractivity contribution in [1.82, 2.24) is 19.4 Å². The largest absolute Gasteiger partial charge is 0.324 e. The van der Waals surface area contributed by atoms with Crippen molar-refractivity contribution >= 4 is 22.9 Å². The molecule has 4 rings (SSSR count). The first kappa shape index (κ1) is 17.5. The molecule has 0 radical (unpaired) electrons. The van der Waals surface area contributed by atoms with E-state index in [1.165, 1.54) is 0 Å². The number of fused-ring (bicyclic) bond motifs is 1. The number of likely N-dealkylation sites (tertiary alicyclic amines) is 1. The van der Waals surface area contributed by atoms with Gasteiger partial charge in [0.25, 0.3) is 0 Å². The van der Waals surface area contributed by atoms with E-state index >= 15 is 0 Å². The Morgan fingerprint density at radius 2 is 2.19 bits per heavy atom. The molecule has 0 aliphatic carbocycles. The summed E-state index contributed by atoms with van der Waals surface area (Å²) in [6, 6.07) is 11.8. The SMILES string of the molecule is CCCn1c(C2CCN(C(=O)Nc3cccc(C)c3)C2)nc2cccnc21. The molecule has 27 heavy (non-hydrogen) atoms. The van der Waals surface area contributed by atoms with Gasteiger partial charge in [-0.1, -0.05) is 19.1 Å². The van der Waals surface area contributed by atoms with Gasteiger partial charge in [0.1, 0.15) is 11.3 Å². The van der Waals surface area contributed by atoms with Crippen LogP contribution in [-0.2, 0) is 6.54 Å². The lowest BCUT2D eigenvalue weighted by atomic mass is 10.1. The third-order valence-electron chi connectivity index (χ3n) is 5.09. The standard InChI is InChI=1S/C21H25N5O/c1-3-11-26-19(24-18-8-5-10-22-20(18)26)16-9-12-25(14-16)21(27)23-17-7-4-6-15(2)13-17/h4-8,10,13,16H,3,9,11-12,14H2,1-2H3,(H,23,27). The maximum absolute atomic E-state index is 12.7. The van der Waals surface area contributed by atoms with E-state index in [4.69, 9.17) is 4.98 Å². The van der Waals surface area contributed by atoms with E-state index in [0.717, 1.165) is 54.2 Å². The minimum absolute atomic E-state index is 0.0422. The molecule has 140 valence electrons. The van der Waals surface area contributed by atoms with Crippen LogP contribution in [0.2, 0.25) is 0 Å². The maximum atomic E-state index is 12.7. The van der Waals surface area contributed by atoms with E-state index < -0.39 is 0 Å². The molecule has 1 atom stereocenters. The zero-order chi connectivity index (χ0) is 18.8. The lowest BCUT2D eigenvalue weighted by molar-refractivity contribution is 0.222. The molecule has 1 unspecified atom stereocenters. The highest BCUT2D eigenvalue weighted by atomic mass is 16.2. The number of aromatic nitrogens is 3. The van der Waals surface area contributed by atoms with Crippen molar-refractivity contribution in [3.05, 3.63) is 54.0 Å². The van der Waals surface area contributed by atoms with Gasteiger partial charge in [-0.25, -0.2) is 14.8 Å². The predicted molar refractivity (Wildman–Crippen MR) is 107 cm³/mol. The third kappa shape index (κ3) is 3.52. The van der Waals surface area contributed by atoms with Crippen LogP contribution in [0.15, 0.2) is 42.6 Å². The molecule has 0 saturated carbocycles. The van der Waals surface area contributed by atoms with Gasteiger partial charge in [-0.3, -0.25) is 0 Å². The number of hydrogen-bond donors (Lipinski definition) is 1. The molecule has 1 N–H and O–H groups in total. The van der Waals surface area contributed by atoms with Crippen molar-refractivity contribution < 1.29 is 4.79 Å². The quantitative estimate of drug-likeness (QED) is 0.757. The Morgan fingerprint density at radius 1 is 1.30 bits per heavy atom. The number of hydrogen-bond acceptors (Lipinski definition) is 3. The number of urea groups is 1. The molecule has 2 aromatic heterocycles. The van der Waals surface area contributed by atoms with E-state index in [1.807, 2.05) is 54.4 Å².